The number of pyridine rings is 2. The van der Waals surface area contributed by atoms with Gasteiger partial charge in [-0.05, 0) is 24.3 Å². The van der Waals surface area contributed by atoms with Gasteiger partial charge >= 0.3 is 0 Å². The molecule has 4 aromatic heterocycles. The number of rotatable bonds is 7. The highest BCUT2D eigenvalue weighted by Gasteiger charge is 2.10. The average molecular weight is 381 g/mol. The molecule has 0 amide bonds. The molecule has 0 aliphatic carbocycles. The van der Waals surface area contributed by atoms with Crippen LogP contribution < -0.4 is 16.6 Å². The van der Waals surface area contributed by atoms with E-state index in [1.165, 1.54) is 9.58 Å². The van der Waals surface area contributed by atoms with Gasteiger partial charge in [-0.2, -0.15) is 5.10 Å². The summed E-state index contributed by atoms with van der Waals surface area (Å²) in [7, 11) is 0. The molecule has 4 rings (SSSR count). The highest BCUT2D eigenvalue weighted by molar-refractivity contribution is 7.19. The second-order valence-corrected chi connectivity index (χ2v) is 7.10. The van der Waals surface area contributed by atoms with E-state index in [0.29, 0.717) is 24.6 Å². The quantitative estimate of drug-likeness (QED) is 0.287. The van der Waals surface area contributed by atoms with Crippen molar-refractivity contribution in [3.8, 4) is 11.3 Å². The molecule has 4 heterocycles. The van der Waals surface area contributed by atoms with Crippen molar-refractivity contribution in [1.82, 2.24) is 19.7 Å². The van der Waals surface area contributed by atoms with Crippen molar-refractivity contribution in [2.75, 3.05) is 17.3 Å². The van der Waals surface area contributed by atoms with Crippen LogP contribution in [0.25, 0.3) is 21.3 Å². The molecule has 4 aromatic rings. The summed E-state index contributed by atoms with van der Waals surface area (Å²) in [5.74, 6) is 6.30. The fourth-order valence-electron chi connectivity index (χ4n) is 2.79. The van der Waals surface area contributed by atoms with E-state index in [2.05, 4.69) is 31.9 Å². The molecule has 0 atom stereocenters. The Kier molecular flexibility index (Phi) is 4.97. The number of aliphatic hydroxyl groups is 1. The standard InChI is InChI=1S/C18H19N7OS/c19-24-16-2-1-15(13-9-22-25(11-13)5-6-26)23-18(16)21-10-14-7-12-8-20-4-3-17(12)27-14/h1-4,7-9,11,24,26H,5-6,10,19H2,(H,21,23). The number of nitrogen functional groups attached to an aromatic ring is 1. The second kappa shape index (κ2) is 7.70. The van der Waals surface area contributed by atoms with Crippen molar-refractivity contribution >= 4 is 32.9 Å². The first-order valence-corrected chi connectivity index (χ1v) is 9.26. The minimum atomic E-state index is 0.0437. The first-order valence-electron chi connectivity index (χ1n) is 8.44. The molecule has 0 aromatic carbocycles. The van der Waals surface area contributed by atoms with Gasteiger partial charge in [0, 0.05) is 39.1 Å². The zero-order chi connectivity index (χ0) is 18.6. The number of hydrogen-bond donors (Lipinski definition) is 4. The van der Waals surface area contributed by atoms with Gasteiger partial charge in [0.25, 0.3) is 0 Å². The average Bonchev–Trinajstić information content (AvgIpc) is 3.33. The van der Waals surface area contributed by atoms with E-state index >= 15 is 0 Å². The number of nitrogens with one attached hydrogen (secondary N) is 2. The largest absolute Gasteiger partial charge is 0.394 e. The van der Waals surface area contributed by atoms with Gasteiger partial charge in [0.15, 0.2) is 5.82 Å². The van der Waals surface area contributed by atoms with Gasteiger partial charge < -0.3 is 15.8 Å². The van der Waals surface area contributed by atoms with E-state index in [4.69, 9.17) is 10.9 Å². The Balaban J connectivity index is 1.56. The lowest BCUT2D eigenvalue weighted by atomic mass is 10.2. The number of fused-ring (bicyclic) bond motifs is 1. The van der Waals surface area contributed by atoms with Gasteiger partial charge in [0.2, 0.25) is 0 Å². The third-order valence-electron chi connectivity index (χ3n) is 4.11. The lowest BCUT2D eigenvalue weighted by Crippen LogP contribution is -2.11. The van der Waals surface area contributed by atoms with Crippen LogP contribution in [0.2, 0.25) is 0 Å². The fourth-order valence-corrected chi connectivity index (χ4v) is 3.76. The van der Waals surface area contributed by atoms with Crippen LogP contribution in [0.5, 0.6) is 0 Å². The van der Waals surface area contributed by atoms with E-state index < -0.39 is 0 Å². The lowest BCUT2D eigenvalue weighted by Gasteiger charge is -2.11. The maximum Gasteiger partial charge on any atom is 0.151 e. The third-order valence-corrected chi connectivity index (χ3v) is 5.22. The molecular weight excluding hydrogens is 362 g/mol. The number of aliphatic hydroxyl groups excluding tert-OH is 1. The summed E-state index contributed by atoms with van der Waals surface area (Å²) in [6.45, 7) is 1.13. The number of thiophene rings is 1. The Morgan fingerprint density at radius 3 is 2.96 bits per heavy atom. The molecular formula is C18H19N7OS. The van der Waals surface area contributed by atoms with Crippen molar-refractivity contribution in [3.05, 3.63) is 53.9 Å². The second-order valence-electron chi connectivity index (χ2n) is 5.93. The molecule has 0 bridgehead atoms. The molecule has 138 valence electrons. The maximum atomic E-state index is 9.03. The van der Waals surface area contributed by atoms with Crippen LogP contribution in [0.3, 0.4) is 0 Å². The molecule has 5 N–H and O–H groups in total. The molecule has 0 saturated carbocycles. The molecule has 0 fully saturated rings. The summed E-state index contributed by atoms with van der Waals surface area (Å²) in [6, 6.07) is 7.90. The Morgan fingerprint density at radius 2 is 2.15 bits per heavy atom. The molecule has 0 aliphatic heterocycles. The van der Waals surface area contributed by atoms with E-state index in [1.54, 1.807) is 28.4 Å². The fraction of sp³-hybridized carbons (Fsp3) is 0.167. The number of nitrogens with zero attached hydrogens (tertiary/aromatic N) is 4. The van der Waals surface area contributed by atoms with Gasteiger partial charge in [-0.25, -0.2) is 4.98 Å². The molecule has 27 heavy (non-hydrogen) atoms. The Hall–Kier alpha value is -3.01. The van der Waals surface area contributed by atoms with Gasteiger partial charge in [0.1, 0.15) is 0 Å². The normalized spacial score (nSPS) is 11.0. The number of anilines is 2. The number of hydrazine groups is 1. The van der Waals surface area contributed by atoms with E-state index in [1.807, 2.05) is 30.6 Å². The summed E-state index contributed by atoms with van der Waals surface area (Å²) in [4.78, 5) is 10.0. The van der Waals surface area contributed by atoms with Gasteiger partial charge in [-0.1, -0.05) is 0 Å². The first-order chi connectivity index (χ1) is 13.3. The van der Waals surface area contributed by atoms with E-state index in [-0.39, 0.29) is 6.61 Å². The lowest BCUT2D eigenvalue weighted by molar-refractivity contribution is 0.269. The summed E-state index contributed by atoms with van der Waals surface area (Å²) >= 11 is 1.72. The van der Waals surface area contributed by atoms with Gasteiger partial charge in [-0.3, -0.25) is 15.5 Å². The SMILES string of the molecule is NNc1ccc(-c2cnn(CCO)c2)nc1NCc1cc2cnccc2s1. The molecule has 8 nitrogen and oxygen atoms in total. The molecule has 0 unspecified atom stereocenters. The van der Waals surface area contributed by atoms with Crippen LogP contribution in [0, 0.1) is 0 Å². The summed E-state index contributed by atoms with van der Waals surface area (Å²) in [6.07, 6.45) is 7.26. The zero-order valence-corrected chi connectivity index (χ0v) is 15.3. The van der Waals surface area contributed by atoms with Crippen LogP contribution in [-0.2, 0) is 13.1 Å². The van der Waals surface area contributed by atoms with Crippen molar-refractivity contribution in [2.24, 2.45) is 5.84 Å². The monoisotopic (exact) mass is 381 g/mol. The topological polar surface area (TPSA) is 114 Å². The van der Waals surface area contributed by atoms with Crippen LogP contribution in [0.1, 0.15) is 4.88 Å². The molecule has 0 radical (unpaired) electrons. The summed E-state index contributed by atoms with van der Waals surface area (Å²) < 4.78 is 2.89. The molecule has 0 aliphatic rings. The highest BCUT2D eigenvalue weighted by Crippen LogP contribution is 2.28. The van der Waals surface area contributed by atoms with Crippen molar-refractivity contribution in [3.63, 3.8) is 0 Å². The van der Waals surface area contributed by atoms with E-state index in [9.17, 15) is 0 Å². The predicted octanol–water partition coefficient (Wildman–Crippen LogP) is 2.44. The third kappa shape index (κ3) is 3.75. The Labute approximate surface area is 159 Å². The van der Waals surface area contributed by atoms with Gasteiger partial charge in [0.05, 0.1) is 37.3 Å². The number of hydrogen-bond acceptors (Lipinski definition) is 8. The molecule has 0 saturated heterocycles. The smallest absolute Gasteiger partial charge is 0.151 e. The predicted molar refractivity (Wildman–Crippen MR) is 107 cm³/mol. The van der Waals surface area contributed by atoms with Crippen LogP contribution in [0.4, 0.5) is 11.5 Å². The Morgan fingerprint density at radius 1 is 1.22 bits per heavy atom. The van der Waals surface area contributed by atoms with Crippen LogP contribution in [-0.4, -0.2) is 31.5 Å². The molecule has 9 heteroatoms. The van der Waals surface area contributed by atoms with Crippen LogP contribution in [0.15, 0.2) is 49.1 Å². The Bertz CT molecular complexity index is 1030. The van der Waals surface area contributed by atoms with Crippen molar-refractivity contribution in [1.29, 1.82) is 0 Å². The highest BCUT2D eigenvalue weighted by atomic mass is 32.1. The first kappa shape index (κ1) is 17.4. The van der Waals surface area contributed by atoms with E-state index in [0.717, 1.165) is 16.6 Å². The minimum Gasteiger partial charge on any atom is -0.394 e. The maximum absolute atomic E-state index is 9.03. The van der Waals surface area contributed by atoms with Gasteiger partial charge in [-0.15, -0.1) is 11.3 Å². The van der Waals surface area contributed by atoms with Crippen molar-refractivity contribution < 1.29 is 5.11 Å². The molecule has 0 spiro atoms. The van der Waals surface area contributed by atoms with Crippen LogP contribution >= 0.6 is 11.3 Å². The van der Waals surface area contributed by atoms with Crippen molar-refractivity contribution in [2.45, 2.75) is 13.1 Å². The summed E-state index contributed by atoms with van der Waals surface area (Å²) in [5, 5.41) is 17.7. The minimum absolute atomic E-state index is 0.0437. The number of nitrogens with two attached hydrogens (primary N) is 1. The summed E-state index contributed by atoms with van der Waals surface area (Å²) in [5.41, 5.74) is 5.05. The zero-order valence-electron chi connectivity index (χ0n) is 14.5. The number of aromatic nitrogens is 4.